The van der Waals surface area contributed by atoms with E-state index in [1.807, 2.05) is 0 Å². The minimum absolute atomic E-state index is 0.0806. The van der Waals surface area contributed by atoms with Crippen LogP contribution in [0.4, 0.5) is 27.6 Å². The maximum absolute atomic E-state index is 14.0. The maximum atomic E-state index is 14.0. The van der Waals surface area contributed by atoms with Gasteiger partial charge in [0.1, 0.15) is 17.7 Å². The molecule has 0 spiro atoms. The third-order valence-corrected chi connectivity index (χ3v) is 4.25. The molecular formula is C17H15F5N2O. The molecule has 0 saturated carbocycles. The summed E-state index contributed by atoms with van der Waals surface area (Å²) in [4.78, 5) is 3.94. The van der Waals surface area contributed by atoms with Crippen molar-refractivity contribution in [3.05, 3.63) is 47.8 Å². The lowest BCUT2D eigenvalue weighted by molar-refractivity contribution is -0.223. The highest BCUT2D eigenvalue weighted by Crippen LogP contribution is 2.45. The lowest BCUT2D eigenvalue weighted by Crippen LogP contribution is -2.35. The van der Waals surface area contributed by atoms with E-state index >= 15 is 0 Å². The molecule has 0 bridgehead atoms. The van der Waals surface area contributed by atoms with Gasteiger partial charge in [-0.15, -0.1) is 0 Å². The number of nitrogen functional groups attached to an aromatic ring is 1. The molecule has 1 aliphatic rings. The van der Waals surface area contributed by atoms with Crippen molar-refractivity contribution in [2.75, 3.05) is 12.3 Å². The molecule has 2 aromatic rings. The molecule has 8 heteroatoms. The monoisotopic (exact) mass is 358 g/mol. The lowest BCUT2D eigenvalue weighted by Gasteiger charge is -2.33. The second-order valence-electron chi connectivity index (χ2n) is 5.86. The molecule has 0 radical (unpaired) electrons. The first-order valence-electron chi connectivity index (χ1n) is 7.67. The molecule has 2 N–H and O–H groups in total. The van der Waals surface area contributed by atoms with E-state index in [2.05, 4.69) is 4.98 Å². The molecule has 3 rings (SSSR count). The SMILES string of the molecule is Nc1c(-c2cc(F)ccc2F)ccnc1C1OCCCC1C(F)(F)F. The zero-order valence-corrected chi connectivity index (χ0v) is 13.0. The number of nitrogens with two attached hydrogens (primary N) is 1. The largest absolute Gasteiger partial charge is 0.397 e. The highest BCUT2D eigenvalue weighted by atomic mass is 19.4. The van der Waals surface area contributed by atoms with E-state index in [1.165, 1.54) is 12.3 Å². The molecule has 1 fully saturated rings. The quantitative estimate of drug-likeness (QED) is 0.796. The van der Waals surface area contributed by atoms with E-state index in [9.17, 15) is 22.0 Å². The Kier molecular flexibility index (Phi) is 4.64. The van der Waals surface area contributed by atoms with Crippen LogP contribution in [0.1, 0.15) is 24.6 Å². The van der Waals surface area contributed by atoms with E-state index in [4.69, 9.17) is 10.5 Å². The van der Waals surface area contributed by atoms with Gasteiger partial charge in [0.25, 0.3) is 0 Å². The number of hydrogen-bond acceptors (Lipinski definition) is 3. The first kappa shape index (κ1) is 17.6. The Balaban J connectivity index is 2.08. The summed E-state index contributed by atoms with van der Waals surface area (Å²) in [6, 6.07) is 4.15. The summed E-state index contributed by atoms with van der Waals surface area (Å²) >= 11 is 0. The number of anilines is 1. The van der Waals surface area contributed by atoms with Crippen LogP contribution >= 0.6 is 0 Å². The van der Waals surface area contributed by atoms with Crippen molar-refractivity contribution in [1.82, 2.24) is 4.98 Å². The Bertz CT molecular complexity index is 778. The standard InChI is InChI=1S/C17H15F5N2O/c18-9-3-4-13(19)11(8-9)10-5-6-24-15(14(10)23)16-12(17(20,21)22)2-1-7-25-16/h3-6,8,12,16H,1-2,7,23H2. The van der Waals surface area contributed by atoms with Gasteiger partial charge in [-0.1, -0.05) is 0 Å². The van der Waals surface area contributed by atoms with Crippen molar-refractivity contribution in [3.8, 4) is 11.1 Å². The number of aromatic nitrogens is 1. The zero-order chi connectivity index (χ0) is 18.2. The number of nitrogens with zero attached hydrogens (tertiary/aromatic N) is 1. The predicted molar refractivity (Wildman–Crippen MR) is 81.5 cm³/mol. The Morgan fingerprint density at radius 3 is 2.60 bits per heavy atom. The third kappa shape index (κ3) is 3.44. The number of ether oxygens (including phenoxy) is 1. The number of hydrogen-bond donors (Lipinski definition) is 1. The van der Waals surface area contributed by atoms with Crippen molar-refractivity contribution in [1.29, 1.82) is 0 Å². The molecule has 1 aromatic carbocycles. The molecule has 2 unspecified atom stereocenters. The summed E-state index contributed by atoms with van der Waals surface area (Å²) in [6.07, 6.45) is -4.45. The third-order valence-electron chi connectivity index (χ3n) is 4.25. The Labute approximate surface area is 140 Å². The summed E-state index contributed by atoms with van der Waals surface area (Å²) in [5.41, 5.74) is 5.66. The Hall–Kier alpha value is -2.22. The molecule has 2 atom stereocenters. The average Bonchev–Trinajstić information content (AvgIpc) is 2.57. The van der Waals surface area contributed by atoms with E-state index in [0.717, 1.165) is 18.2 Å². The lowest BCUT2D eigenvalue weighted by atomic mass is 9.89. The molecule has 0 aliphatic carbocycles. The van der Waals surface area contributed by atoms with Crippen molar-refractivity contribution in [2.45, 2.75) is 25.1 Å². The van der Waals surface area contributed by atoms with Crippen LogP contribution < -0.4 is 5.73 Å². The minimum atomic E-state index is -4.47. The molecule has 1 aromatic heterocycles. The number of benzene rings is 1. The first-order valence-corrected chi connectivity index (χ1v) is 7.67. The Morgan fingerprint density at radius 1 is 1.12 bits per heavy atom. The maximum Gasteiger partial charge on any atom is 0.394 e. The van der Waals surface area contributed by atoms with Crippen LogP contribution in [0.2, 0.25) is 0 Å². The molecule has 2 heterocycles. The van der Waals surface area contributed by atoms with Crippen LogP contribution in [0.5, 0.6) is 0 Å². The Morgan fingerprint density at radius 2 is 1.88 bits per heavy atom. The molecular weight excluding hydrogens is 343 g/mol. The van der Waals surface area contributed by atoms with Crippen LogP contribution in [-0.4, -0.2) is 17.8 Å². The zero-order valence-electron chi connectivity index (χ0n) is 13.0. The summed E-state index contributed by atoms with van der Waals surface area (Å²) < 4.78 is 72.6. The number of rotatable bonds is 2. The summed E-state index contributed by atoms with van der Waals surface area (Å²) in [5.74, 6) is -3.16. The second-order valence-corrected chi connectivity index (χ2v) is 5.86. The van der Waals surface area contributed by atoms with Crippen molar-refractivity contribution in [3.63, 3.8) is 0 Å². The normalized spacial score (nSPS) is 21.3. The fraction of sp³-hybridized carbons (Fsp3) is 0.353. The average molecular weight is 358 g/mol. The van der Waals surface area contributed by atoms with E-state index in [1.54, 1.807) is 0 Å². The van der Waals surface area contributed by atoms with Crippen LogP contribution in [0.15, 0.2) is 30.5 Å². The van der Waals surface area contributed by atoms with Gasteiger partial charge in [-0.2, -0.15) is 13.2 Å². The van der Waals surface area contributed by atoms with Crippen molar-refractivity contribution in [2.24, 2.45) is 5.92 Å². The topological polar surface area (TPSA) is 48.1 Å². The van der Waals surface area contributed by atoms with Gasteiger partial charge in [0.05, 0.1) is 17.3 Å². The van der Waals surface area contributed by atoms with Gasteiger partial charge in [-0.25, -0.2) is 8.78 Å². The van der Waals surface area contributed by atoms with Crippen LogP contribution in [-0.2, 0) is 4.74 Å². The van der Waals surface area contributed by atoms with Gasteiger partial charge >= 0.3 is 6.18 Å². The van der Waals surface area contributed by atoms with Crippen LogP contribution in [0.25, 0.3) is 11.1 Å². The smallest absolute Gasteiger partial charge is 0.394 e. The summed E-state index contributed by atoms with van der Waals surface area (Å²) in [7, 11) is 0. The van der Waals surface area contributed by atoms with Gasteiger partial charge in [-0.3, -0.25) is 4.98 Å². The highest BCUT2D eigenvalue weighted by molar-refractivity contribution is 5.78. The van der Waals surface area contributed by atoms with E-state index < -0.39 is 29.8 Å². The molecule has 1 saturated heterocycles. The fourth-order valence-electron chi connectivity index (χ4n) is 3.04. The van der Waals surface area contributed by atoms with Gasteiger partial charge < -0.3 is 10.5 Å². The molecule has 25 heavy (non-hydrogen) atoms. The van der Waals surface area contributed by atoms with E-state index in [-0.39, 0.29) is 42.0 Å². The van der Waals surface area contributed by atoms with Crippen LogP contribution in [0, 0.1) is 17.6 Å². The fourth-order valence-corrected chi connectivity index (χ4v) is 3.04. The molecule has 0 amide bonds. The summed E-state index contributed by atoms with van der Waals surface area (Å²) in [5, 5.41) is 0. The molecule has 134 valence electrons. The van der Waals surface area contributed by atoms with Gasteiger partial charge in [0, 0.05) is 23.9 Å². The predicted octanol–water partition coefficient (Wildman–Crippen LogP) is 4.64. The number of alkyl halides is 3. The molecule has 1 aliphatic heterocycles. The van der Waals surface area contributed by atoms with Crippen molar-refractivity contribution >= 4 is 5.69 Å². The number of pyridine rings is 1. The minimum Gasteiger partial charge on any atom is -0.397 e. The van der Waals surface area contributed by atoms with Gasteiger partial charge in [-0.05, 0) is 37.1 Å². The highest BCUT2D eigenvalue weighted by Gasteiger charge is 2.48. The summed E-state index contributed by atoms with van der Waals surface area (Å²) in [6.45, 7) is 0.150. The van der Waals surface area contributed by atoms with Gasteiger partial charge in [0.15, 0.2) is 0 Å². The first-order chi connectivity index (χ1) is 11.8. The number of halogens is 5. The van der Waals surface area contributed by atoms with Gasteiger partial charge in [0.2, 0.25) is 0 Å². The van der Waals surface area contributed by atoms with E-state index in [0.29, 0.717) is 0 Å². The second kappa shape index (κ2) is 6.59. The van der Waals surface area contributed by atoms with Crippen LogP contribution in [0.3, 0.4) is 0 Å². The molecule has 3 nitrogen and oxygen atoms in total. The van der Waals surface area contributed by atoms with Crippen molar-refractivity contribution < 1.29 is 26.7 Å².